The van der Waals surface area contributed by atoms with Crippen molar-refractivity contribution in [1.29, 1.82) is 0 Å². The van der Waals surface area contributed by atoms with Gasteiger partial charge in [-0.1, -0.05) is 52.0 Å². The number of rotatable bonds is 10. The lowest BCUT2D eigenvalue weighted by molar-refractivity contribution is -0.136. The van der Waals surface area contributed by atoms with Gasteiger partial charge in [-0.2, -0.15) is 0 Å². The number of aliphatic carboxylic acids is 1. The van der Waals surface area contributed by atoms with Crippen molar-refractivity contribution < 1.29 is 19.4 Å². The van der Waals surface area contributed by atoms with Crippen molar-refractivity contribution in [2.45, 2.75) is 52.4 Å². The van der Waals surface area contributed by atoms with Gasteiger partial charge in [-0.3, -0.25) is 9.59 Å². The van der Waals surface area contributed by atoms with Crippen LogP contribution in [0.3, 0.4) is 0 Å². The van der Waals surface area contributed by atoms with Gasteiger partial charge in [-0.15, -0.1) is 0 Å². The zero-order valence-electron chi connectivity index (χ0n) is 18.4. The summed E-state index contributed by atoms with van der Waals surface area (Å²) in [7, 11) is 0. The highest BCUT2D eigenvalue weighted by Gasteiger charge is 2.13. The molecule has 1 amide bonds. The first-order valence-electron chi connectivity index (χ1n) is 10.5. The summed E-state index contributed by atoms with van der Waals surface area (Å²) in [5, 5.41) is 11.2. The topological polar surface area (TPSA) is 75.6 Å². The SMILES string of the molecule is CC(CCc1ccc(C(=O)NCCC(=O)O)cc1)COc1ccc(C(C)(C)C)cc1. The van der Waals surface area contributed by atoms with Crippen LogP contribution in [-0.2, 0) is 16.6 Å². The zero-order chi connectivity index (χ0) is 22.1. The molecular weight excluding hydrogens is 378 g/mol. The molecule has 0 aromatic heterocycles. The van der Waals surface area contributed by atoms with Crippen LogP contribution >= 0.6 is 0 Å². The molecule has 2 rings (SSSR count). The third-order valence-electron chi connectivity index (χ3n) is 5.02. The van der Waals surface area contributed by atoms with E-state index < -0.39 is 5.97 Å². The molecule has 0 aliphatic heterocycles. The molecule has 0 spiro atoms. The molecule has 2 aromatic carbocycles. The third kappa shape index (κ3) is 7.90. The Bertz CT molecular complexity index is 820. The first-order valence-corrected chi connectivity index (χ1v) is 10.5. The summed E-state index contributed by atoms with van der Waals surface area (Å²) in [4.78, 5) is 22.5. The highest BCUT2D eigenvalue weighted by Crippen LogP contribution is 2.24. The number of carboxylic acids is 1. The Morgan fingerprint density at radius 2 is 1.67 bits per heavy atom. The summed E-state index contributed by atoms with van der Waals surface area (Å²) >= 11 is 0. The fraction of sp³-hybridized carbons (Fsp3) is 0.440. The summed E-state index contributed by atoms with van der Waals surface area (Å²) in [5.41, 5.74) is 3.14. The van der Waals surface area contributed by atoms with Gasteiger partial charge in [-0.25, -0.2) is 0 Å². The lowest BCUT2D eigenvalue weighted by Crippen LogP contribution is -2.25. The van der Waals surface area contributed by atoms with Gasteiger partial charge in [0.1, 0.15) is 5.75 Å². The Morgan fingerprint density at radius 3 is 2.23 bits per heavy atom. The van der Waals surface area contributed by atoms with Crippen LogP contribution < -0.4 is 10.1 Å². The highest BCUT2D eigenvalue weighted by atomic mass is 16.5. The fourth-order valence-electron chi connectivity index (χ4n) is 2.99. The summed E-state index contributed by atoms with van der Waals surface area (Å²) in [6.07, 6.45) is 1.82. The van der Waals surface area contributed by atoms with Crippen LogP contribution in [0.5, 0.6) is 5.75 Å². The number of hydrogen-bond acceptors (Lipinski definition) is 3. The molecule has 162 valence electrons. The minimum absolute atomic E-state index is 0.0789. The molecule has 2 aromatic rings. The van der Waals surface area contributed by atoms with Crippen molar-refractivity contribution in [2.75, 3.05) is 13.2 Å². The van der Waals surface area contributed by atoms with Crippen LogP contribution in [0.15, 0.2) is 48.5 Å². The van der Waals surface area contributed by atoms with Gasteiger partial charge >= 0.3 is 5.97 Å². The van der Waals surface area contributed by atoms with E-state index in [1.54, 1.807) is 12.1 Å². The van der Waals surface area contributed by atoms with Crippen LogP contribution in [0.2, 0.25) is 0 Å². The molecule has 30 heavy (non-hydrogen) atoms. The molecule has 0 aliphatic rings. The van der Waals surface area contributed by atoms with E-state index in [0.29, 0.717) is 18.1 Å². The molecule has 0 saturated heterocycles. The van der Waals surface area contributed by atoms with Crippen molar-refractivity contribution in [3.8, 4) is 5.75 Å². The molecule has 2 N–H and O–H groups in total. The van der Waals surface area contributed by atoms with E-state index in [2.05, 4.69) is 45.1 Å². The Hall–Kier alpha value is -2.82. The van der Waals surface area contributed by atoms with Crippen LogP contribution in [0.1, 0.15) is 62.0 Å². The number of amides is 1. The fourth-order valence-corrected chi connectivity index (χ4v) is 2.99. The maximum Gasteiger partial charge on any atom is 0.305 e. The van der Waals surface area contributed by atoms with Gasteiger partial charge in [0.05, 0.1) is 13.0 Å². The smallest absolute Gasteiger partial charge is 0.305 e. The molecular formula is C25H33NO4. The second kappa shape index (κ2) is 10.8. The predicted octanol–water partition coefficient (Wildman–Crippen LogP) is 4.84. The van der Waals surface area contributed by atoms with Crippen LogP contribution in [-0.4, -0.2) is 30.1 Å². The van der Waals surface area contributed by atoms with Crippen LogP contribution in [0, 0.1) is 5.92 Å². The predicted molar refractivity (Wildman–Crippen MR) is 119 cm³/mol. The number of benzene rings is 2. The van der Waals surface area contributed by atoms with E-state index in [4.69, 9.17) is 9.84 Å². The van der Waals surface area contributed by atoms with Crippen molar-refractivity contribution in [3.05, 3.63) is 65.2 Å². The van der Waals surface area contributed by atoms with Crippen LogP contribution in [0.25, 0.3) is 0 Å². The lowest BCUT2D eigenvalue weighted by atomic mass is 9.87. The molecule has 0 saturated carbocycles. The lowest BCUT2D eigenvalue weighted by Gasteiger charge is -2.19. The van der Waals surface area contributed by atoms with Gasteiger partial charge in [0.2, 0.25) is 0 Å². The number of hydrogen-bond donors (Lipinski definition) is 2. The molecule has 1 atom stereocenters. The number of aryl methyl sites for hydroxylation is 1. The molecule has 0 radical (unpaired) electrons. The maximum absolute atomic E-state index is 12.0. The van der Waals surface area contributed by atoms with E-state index >= 15 is 0 Å². The van der Waals surface area contributed by atoms with Crippen LogP contribution in [0.4, 0.5) is 0 Å². The van der Waals surface area contributed by atoms with Crippen molar-refractivity contribution in [2.24, 2.45) is 5.92 Å². The number of carbonyl (C=O) groups is 2. The second-order valence-electron chi connectivity index (χ2n) is 8.83. The number of ether oxygens (including phenoxy) is 1. The van der Waals surface area contributed by atoms with E-state index in [1.807, 2.05) is 24.3 Å². The van der Waals surface area contributed by atoms with E-state index in [-0.39, 0.29) is 24.3 Å². The standard InChI is InChI=1S/C25H33NO4/c1-18(17-30-22-13-11-21(12-14-22)25(2,3)4)5-6-19-7-9-20(10-8-19)24(29)26-16-15-23(27)28/h7-14,18H,5-6,15-17H2,1-4H3,(H,26,29)(H,27,28). The zero-order valence-corrected chi connectivity index (χ0v) is 18.4. The molecule has 5 heteroatoms. The number of carboxylic acid groups (broad SMARTS) is 1. The summed E-state index contributed by atoms with van der Waals surface area (Å²) < 4.78 is 5.93. The molecule has 0 bridgehead atoms. The molecule has 0 fully saturated rings. The number of carbonyl (C=O) groups excluding carboxylic acids is 1. The Balaban J connectivity index is 1.74. The second-order valence-corrected chi connectivity index (χ2v) is 8.83. The normalized spacial score (nSPS) is 12.3. The Labute approximate surface area is 179 Å². The summed E-state index contributed by atoms with van der Waals surface area (Å²) in [6, 6.07) is 15.8. The van der Waals surface area contributed by atoms with Crippen molar-refractivity contribution in [1.82, 2.24) is 5.32 Å². The largest absolute Gasteiger partial charge is 0.493 e. The highest BCUT2D eigenvalue weighted by molar-refractivity contribution is 5.94. The molecule has 0 aliphatic carbocycles. The molecule has 1 unspecified atom stereocenters. The van der Waals surface area contributed by atoms with Gasteiger partial charge < -0.3 is 15.2 Å². The average molecular weight is 412 g/mol. The van der Waals surface area contributed by atoms with Gasteiger partial charge in [0.15, 0.2) is 0 Å². The summed E-state index contributed by atoms with van der Waals surface area (Å²) in [5.74, 6) is 0.132. The van der Waals surface area contributed by atoms with E-state index in [9.17, 15) is 9.59 Å². The first kappa shape index (κ1) is 23.5. The van der Waals surface area contributed by atoms with Crippen molar-refractivity contribution in [3.63, 3.8) is 0 Å². The van der Waals surface area contributed by atoms with Gasteiger partial charge in [0.25, 0.3) is 5.91 Å². The minimum Gasteiger partial charge on any atom is -0.493 e. The molecule has 5 nitrogen and oxygen atoms in total. The Kier molecular flexibility index (Phi) is 8.46. The quantitative estimate of drug-likeness (QED) is 0.587. The van der Waals surface area contributed by atoms with Crippen molar-refractivity contribution >= 4 is 11.9 Å². The maximum atomic E-state index is 12.0. The van der Waals surface area contributed by atoms with Gasteiger partial charge in [-0.05, 0) is 59.6 Å². The number of nitrogens with one attached hydrogen (secondary N) is 1. The first-order chi connectivity index (χ1) is 14.1. The summed E-state index contributed by atoms with van der Waals surface area (Å²) in [6.45, 7) is 9.56. The minimum atomic E-state index is -0.925. The third-order valence-corrected chi connectivity index (χ3v) is 5.02. The average Bonchev–Trinajstić information content (AvgIpc) is 2.70. The Morgan fingerprint density at radius 1 is 1.03 bits per heavy atom. The van der Waals surface area contributed by atoms with E-state index in [0.717, 1.165) is 18.6 Å². The monoisotopic (exact) mass is 411 g/mol. The van der Waals surface area contributed by atoms with E-state index in [1.165, 1.54) is 11.1 Å². The van der Waals surface area contributed by atoms with Gasteiger partial charge in [0, 0.05) is 12.1 Å². The molecule has 0 heterocycles.